The molecule has 1 aliphatic heterocycles. The minimum absolute atomic E-state index is 0.0186. The average Bonchev–Trinajstić information content (AvgIpc) is 3.53. The maximum atomic E-state index is 13.8. The van der Waals surface area contributed by atoms with Gasteiger partial charge in [-0.15, -0.1) is 0 Å². The Labute approximate surface area is 251 Å². The molecule has 4 aromatic rings. The number of rotatable bonds is 6. The van der Waals surface area contributed by atoms with Gasteiger partial charge in [-0.25, -0.2) is 4.79 Å². The normalized spacial score (nSPS) is 21.1. The summed E-state index contributed by atoms with van der Waals surface area (Å²) in [4.78, 5) is 40.4. The van der Waals surface area contributed by atoms with Crippen LogP contribution in [0.4, 0.5) is 4.79 Å². The summed E-state index contributed by atoms with van der Waals surface area (Å²) < 4.78 is 7.88. The van der Waals surface area contributed by atoms with Gasteiger partial charge in [-0.3, -0.25) is 9.59 Å². The smallest absolute Gasteiger partial charge is 0.407 e. The molecule has 7 heteroatoms. The van der Waals surface area contributed by atoms with Crippen molar-refractivity contribution in [2.45, 2.75) is 56.7 Å². The largest absolute Gasteiger partial charge is 0.449 e. The third-order valence-corrected chi connectivity index (χ3v) is 9.40. The number of carbonyl (C=O) groups is 3. The van der Waals surface area contributed by atoms with Crippen molar-refractivity contribution in [3.8, 4) is 11.1 Å². The molecule has 0 saturated carbocycles. The number of ketones is 1. The van der Waals surface area contributed by atoms with Crippen LogP contribution in [0.1, 0.15) is 65.6 Å². The molecule has 0 radical (unpaired) electrons. The first kappa shape index (κ1) is 27.2. The Balaban J connectivity index is 1.04. The third kappa shape index (κ3) is 5.03. The zero-order valence-electron chi connectivity index (χ0n) is 24.2. The van der Waals surface area contributed by atoms with Crippen molar-refractivity contribution in [1.29, 1.82) is 0 Å². The van der Waals surface area contributed by atoms with Crippen molar-refractivity contribution in [2.75, 3.05) is 6.61 Å². The molecule has 4 atom stereocenters. The third-order valence-electron chi connectivity index (χ3n) is 9.40. The van der Waals surface area contributed by atoms with Gasteiger partial charge in [-0.05, 0) is 59.2 Å². The SMILES string of the molecule is CC(NC(=O)C1CC(=O)C2c3c(ccn3C1)CCC2NC(=O)OCC1c2ccccc2-c2ccccc21)c1ccccc1. The number of hydrogen-bond acceptors (Lipinski definition) is 4. The number of ether oxygens (including phenoxy) is 1. The van der Waals surface area contributed by atoms with Gasteiger partial charge in [0.2, 0.25) is 5.91 Å². The van der Waals surface area contributed by atoms with E-state index in [1.165, 1.54) is 11.1 Å². The molecule has 2 aliphatic carbocycles. The molecule has 1 aromatic heterocycles. The Kier molecular flexibility index (Phi) is 7.09. The molecular formula is C36H35N3O4. The molecular weight excluding hydrogens is 538 g/mol. The summed E-state index contributed by atoms with van der Waals surface area (Å²) in [6.07, 6.45) is 2.98. The molecule has 7 rings (SSSR count). The number of carbonyl (C=O) groups excluding carboxylic acids is 3. The van der Waals surface area contributed by atoms with E-state index in [0.29, 0.717) is 13.0 Å². The van der Waals surface area contributed by atoms with Crippen molar-refractivity contribution in [3.63, 3.8) is 0 Å². The quantitative estimate of drug-likeness (QED) is 0.301. The van der Waals surface area contributed by atoms with E-state index in [1.807, 2.05) is 78.4 Å². The minimum Gasteiger partial charge on any atom is -0.449 e. The molecule has 0 bridgehead atoms. The van der Waals surface area contributed by atoms with Crippen LogP contribution in [-0.2, 0) is 27.3 Å². The van der Waals surface area contributed by atoms with Crippen LogP contribution in [0.3, 0.4) is 0 Å². The molecule has 3 aliphatic rings. The molecule has 3 aromatic carbocycles. The number of amides is 2. The lowest BCUT2D eigenvalue weighted by Gasteiger charge is -2.31. The van der Waals surface area contributed by atoms with E-state index in [-0.39, 0.29) is 36.7 Å². The summed E-state index contributed by atoms with van der Waals surface area (Å²) in [6, 6.07) is 27.8. The number of nitrogens with zero attached hydrogens (tertiary/aromatic N) is 1. The molecule has 2 amide bonds. The zero-order valence-corrected chi connectivity index (χ0v) is 24.2. The lowest BCUT2D eigenvalue weighted by atomic mass is 9.79. The van der Waals surface area contributed by atoms with Crippen molar-refractivity contribution < 1.29 is 19.1 Å². The number of fused-ring (bicyclic) bond motifs is 3. The Morgan fingerprint density at radius 2 is 1.60 bits per heavy atom. The summed E-state index contributed by atoms with van der Waals surface area (Å²) in [5.74, 6) is -1.19. The van der Waals surface area contributed by atoms with Gasteiger partial charge in [0.15, 0.2) is 0 Å². The van der Waals surface area contributed by atoms with Gasteiger partial charge in [0.1, 0.15) is 12.4 Å². The van der Waals surface area contributed by atoms with Gasteiger partial charge in [-0.2, -0.15) is 0 Å². The maximum absolute atomic E-state index is 13.8. The fourth-order valence-corrected chi connectivity index (χ4v) is 7.27. The second-order valence-electron chi connectivity index (χ2n) is 12.0. The predicted molar refractivity (Wildman–Crippen MR) is 164 cm³/mol. The predicted octanol–water partition coefficient (Wildman–Crippen LogP) is 5.89. The Morgan fingerprint density at radius 1 is 0.930 bits per heavy atom. The topological polar surface area (TPSA) is 89.4 Å². The molecule has 4 unspecified atom stereocenters. The second kappa shape index (κ2) is 11.2. The molecule has 0 fully saturated rings. The van der Waals surface area contributed by atoms with Crippen molar-refractivity contribution >= 4 is 17.8 Å². The van der Waals surface area contributed by atoms with Gasteiger partial charge in [0, 0.05) is 36.8 Å². The van der Waals surface area contributed by atoms with E-state index >= 15 is 0 Å². The highest BCUT2D eigenvalue weighted by Crippen LogP contribution is 2.44. The van der Waals surface area contributed by atoms with E-state index in [2.05, 4.69) is 34.9 Å². The lowest BCUT2D eigenvalue weighted by Crippen LogP contribution is -2.45. The Bertz CT molecular complexity index is 1650. The number of Topliss-reactive ketones (excluding diaryl/α,β-unsaturated/α-hetero) is 1. The van der Waals surface area contributed by atoms with Crippen LogP contribution < -0.4 is 10.6 Å². The first-order chi connectivity index (χ1) is 21.0. The standard InChI is InChI=1S/C36H35N3O4/c1-22(23-9-3-2-4-10-23)37-35(41)25-19-32(40)33-31(16-15-24-17-18-39(20-25)34(24)33)38-36(42)43-21-30-28-13-7-5-11-26(28)27-12-6-8-14-29(27)30/h2-14,17-18,22,25,30-31,33H,15-16,19-21H2,1H3,(H,37,41)(H,38,42). The highest BCUT2D eigenvalue weighted by molar-refractivity contribution is 5.92. The van der Waals surface area contributed by atoms with Crippen LogP contribution in [0.15, 0.2) is 91.1 Å². The molecule has 2 heterocycles. The van der Waals surface area contributed by atoms with Crippen LogP contribution in [0, 0.1) is 5.92 Å². The summed E-state index contributed by atoms with van der Waals surface area (Å²) in [7, 11) is 0. The van der Waals surface area contributed by atoms with E-state index < -0.39 is 24.0 Å². The second-order valence-corrected chi connectivity index (χ2v) is 12.0. The monoisotopic (exact) mass is 573 g/mol. The number of benzene rings is 3. The Hall–Kier alpha value is -4.65. The van der Waals surface area contributed by atoms with Crippen molar-refractivity contribution in [2.24, 2.45) is 5.92 Å². The van der Waals surface area contributed by atoms with Crippen LogP contribution in [0.2, 0.25) is 0 Å². The highest BCUT2D eigenvalue weighted by Gasteiger charge is 2.42. The van der Waals surface area contributed by atoms with E-state index in [0.717, 1.165) is 34.4 Å². The maximum Gasteiger partial charge on any atom is 0.407 e. The highest BCUT2D eigenvalue weighted by atomic mass is 16.5. The summed E-state index contributed by atoms with van der Waals surface area (Å²) in [5.41, 5.74) is 7.71. The van der Waals surface area contributed by atoms with E-state index in [9.17, 15) is 14.4 Å². The number of hydrogen-bond donors (Lipinski definition) is 2. The average molecular weight is 574 g/mol. The van der Waals surface area contributed by atoms with E-state index in [1.54, 1.807) is 0 Å². The van der Waals surface area contributed by atoms with Gasteiger partial charge in [-0.1, -0.05) is 78.9 Å². The van der Waals surface area contributed by atoms with Crippen LogP contribution in [-0.4, -0.2) is 35.0 Å². The minimum atomic E-state index is -0.517. The number of aryl methyl sites for hydroxylation is 1. The molecule has 43 heavy (non-hydrogen) atoms. The lowest BCUT2D eigenvalue weighted by molar-refractivity contribution is -0.130. The number of aromatic nitrogens is 1. The molecule has 0 spiro atoms. The molecule has 2 N–H and O–H groups in total. The summed E-state index contributed by atoms with van der Waals surface area (Å²) in [5, 5.41) is 6.15. The van der Waals surface area contributed by atoms with Crippen LogP contribution in [0.25, 0.3) is 11.1 Å². The van der Waals surface area contributed by atoms with Crippen molar-refractivity contribution in [1.82, 2.24) is 15.2 Å². The van der Waals surface area contributed by atoms with Gasteiger partial charge < -0.3 is 19.9 Å². The van der Waals surface area contributed by atoms with Gasteiger partial charge in [0.05, 0.1) is 17.9 Å². The zero-order chi connectivity index (χ0) is 29.5. The van der Waals surface area contributed by atoms with E-state index in [4.69, 9.17) is 4.74 Å². The molecule has 218 valence electrons. The molecule has 0 saturated heterocycles. The van der Waals surface area contributed by atoms with Crippen LogP contribution >= 0.6 is 0 Å². The summed E-state index contributed by atoms with van der Waals surface area (Å²) in [6.45, 7) is 2.60. The first-order valence-corrected chi connectivity index (χ1v) is 15.2. The Morgan fingerprint density at radius 3 is 2.33 bits per heavy atom. The number of alkyl carbamates (subject to hydrolysis) is 1. The first-order valence-electron chi connectivity index (χ1n) is 15.2. The molecule has 7 nitrogen and oxygen atoms in total. The fraction of sp³-hybridized carbons (Fsp3) is 0.306. The van der Waals surface area contributed by atoms with Gasteiger partial charge in [0.25, 0.3) is 0 Å². The van der Waals surface area contributed by atoms with Crippen LogP contribution in [0.5, 0.6) is 0 Å². The van der Waals surface area contributed by atoms with Crippen molar-refractivity contribution in [3.05, 3.63) is 119 Å². The fourth-order valence-electron chi connectivity index (χ4n) is 7.27. The summed E-state index contributed by atoms with van der Waals surface area (Å²) >= 11 is 0. The van der Waals surface area contributed by atoms with Gasteiger partial charge >= 0.3 is 6.09 Å². The number of nitrogens with one attached hydrogen (secondary N) is 2.